The van der Waals surface area contributed by atoms with Gasteiger partial charge in [0, 0.05) is 18.1 Å². The fraction of sp³-hybridized carbons (Fsp3) is 1.00. The van der Waals surface area contributed by atoms with Gasteiger partial charge in [-0.2, -0.15) is 0 Å². The Morgan fingerprint density at radius 1 is 1.06 bits per heavy atom. The van der Waals surface area contributed by atoms with Crippen LogP contribution in [0.2, 0.25) is 0 Å². The first-order valence-electron chi connectivity index (χ1n) is 7.25. The second kappa shape index (κ2) is 5.50. The minimum atomic E-state index is 0.726. The van der Waals surface area contributed by atoms with Crippen LogP contribution in [0, 0.1) is 5.92 Å². The molecule has 1 aliphatic carbocycles. The molecule has 1 heterocycles. The van der Waals surface area contributed by atoms with Gasteiger partial charge >= 0.3 is 0 Å². The molecule has 94 valence electrons. The number of rotatable bonds is 3. The second-order valence-electron chi connectivity index (χ2n) is 5.95. The molecule has 0 aromatic carbocycles. The van der Waals surface area contributed by atoms with Crippen molar-refractivity contribution < 1.29 is 0 Å². The lowest BCUT2D eigenvalue weighted by atomic mass is 9.99. The lowest BCUT2D eigenvalue weighted by molar-refractivity contribution is 0.0298. The normalized spacial score (nSPS) is 41.4. The average molecular weight is 224 g/mol. The molecule has 0 bridgehead atoms. The first-order valence-corrected chi connectivity index (χ1v) is 7.25. The van der Waals surface area contributed by atoms with Gasteiger partial charge in [-0.15, -0.1) is 0 Å². The van der Waals surface area contributed by atoms with E-state index in [1.54, 1.807) is 0 Å². The van der Waals surface area contributed by atoms with E-state index >= 15 is 0 Å². The molecule has 2 rings (SSSR count). The van der Waals surface area contributed by atoms with Crippen molar-refractivity contribution in [2.45, 2.75) is 83.8 Å². The molecule has 2 fully saturated rings. The van der Waals surface area contributed by atoms with Crippen molar-refractivity contribution in [2.24, 2.45) is 5.92 Å². The summed E-state index contributed by atoms with van der Waals surface area (Å²) in [6.45, 7) is 7.07. The number of nitrogens with zero attached hydrogens (tertiary/aromatic N) is 1. The third kappa shape index (κ3) is 2.78. The van der Waals surface area contributed by atoms with Crippen LogP contribution in [0.25, 0.3) is 0 Å². The maximum atomic E-state index is 3.81. The first-order chi connectivity index (χ1) is 7.70. The van der Waals surface area contributed by atoms with Gasteiger partial charge in [0.2, 0.25) is 0 Å². The highest BCUT2D eigenvalue weighted by molar-refractivity contribution is 4.83. The van der Waals surface area contributed by atoms with E-state index < -0.39 is 0 Å². The zero-order valence-corrected chi connectivity index (χ0v) is 11.2. The molecule has 0 radical (unpaired) electrons. The Bertz CT molecular complexity index is 207. The molecule has 0 amide bonds. The molecule has 4 unspecified atom stereocenters. The molecule has 1 aliphatic heterocycles. The highest BCUT2D eigenvalue weighted by atomic mass is 15.5. The topological polar surface area (TPSA) is 15.3 Å². The summed E-state index contributed by atoms with van der Waals surface area (Å²) in [4.78, 5) is 0. The SMILES string of the molecule is CCC1CCC(NN2C(C)CCCC2C)C1. The van der Waals surface area contributed by atoms with Crippen LogP contribution >= 0.6 is 0 Å². The summed E-state index contributed by atoms with van der Waals surface area (Å²) < 4.78 is 0. The first kappa shape index (κ1) is 12.4. The minimum Gasteiger partial charge on any atom is -0.252 e. The summed E-state index contributed by atoms with van der Waals surface area (Å²) in [6, 6.07) is 2.21. The zero-order valence-electron chi connectivity index (χ0n) is 11.2. The molecule has 0 aromatic heterocycles. The molecular weight excluding hydrogens is 196 g/mol. The second-order valence-corrected chi connectivity index (χ2v) is 5.95. The predicted molar refractivity (Wildman–Crippen MR) is 69.2 cm³/mol. The fourth-order valence-corrected chi connectivity index (χ4v) is 3.45. The van der Waals surface area contributed by atoms with Crippen LogP contribution in [0.3, 0.4) is 0 Å². The van der Waals surface area contributed by atoms with E-state index in [9.17, 15) is 0 Å². The maximum Gasteiger partial charge on any atom is 0.0218 e. The molecule has 2 heteroatoms. The summed E-state index contributed by atoms with van der Waals surface area (Å²) in [7, 11) is 0. The lowest BCUT2D eigenvalue weighted by Crippen LogP contribution is -2.54. The standard InChI is InChI=1S/C14H28N2/c1-4-13-8-9-14(10-13)15-16-11(2)6-5-7-12(16)3/h11-15H,4-10H2,1-3H3. The predicted octanol–water partition coefficient (Wildman–Crippen LogP) is 3.33. The number of piperidine rings is 1. The Labute approximate surface area is 101 Å². The maximum absolute atomic E-state index is 3.81. The fourth-order valence-electron chi connectivity index (χ4n) is 3.45. The van der Waals surface area contributed by atoms with Crippen molar-refractivity contribution in [3.63, 3.8) is 0 Å². The molecule has 2 nitrogen and oxygen atoms in total. The molecule has 0 spiro atoms. The Morgan fingerprint density at radius 3 is 2.31 bits per heavy atom. The Hall–Kier alpha value is -0.0800. The molecule has 16 heavy (non-hydrogen) atoms. The average Bonchev–Trinajstić information content (AvgIpc) is 2.71. The summed E-state index contributed by atoms with van der Waals surface area (Å²) in [6.07, 6.45) is 9.71. The smallest absolute Gasteiger partial charge is 0.0218 e. The van der Waals surface area contributed by atoms with Gasteiger partial charge in [0.05, 0.1) is 0 Å². The van der Waals surface area contributed by atoms with Gasteiger partial charge < -0.3 is 0 Å². The summed E-state index contributed by atoms with van der Waals surface area (Å²) in [5, 5.41) is 2.55. The lowest BCUT2D eigenvalue weighted by Gasteiger charge is -2.41. The van der Waals surface area contributed by atoms with Gasteiger partial charge in [-0.05, 0) is 51.9 Å². The molecule has 2 aliphatic rings. The van der Waals surface area contributed by atoms with Crippen molar-refractivity contribution in [3.8, 4) is 0 Å². The summed E-state index contributed by atoms with van der Waals surface area (Å²) >= 11 is 0. The molecule has 4 atom stereocenters. The molecule has 1 saturated heterocycles. The van der Waals surface area contributed by atoms with Crippen LogP contribution in [-0.2, 0) is 0 Å². The molecular formula is C14H28N2. The van der Waals surface area contributed by atoms with Crippen molar-refractivity contribution in [1.82, 2.24) is 10.4 Å². The van der Waals surface area contributed by atoms with E-state index in [-0.39, 0.29) is 0 Å². The highest BCUT2D eigenvalue weighted by Gasteiger charge is 2.30. The van der Waals surface area contributed by atoms with Gasteiger partial charge in [0.1, 0.15) is 0 Å². The van der Waals surface area contributed by atoms with Crippen molar-refractivity contribution in [1.29, 1.82) is 0 Å². The molecule has 1 saturated carbocycles. The van der Waals surface area contributed by atoms with E-state index in [2.05, 4.69) is 31.2 Å². The monoisotopic (exact) mass is 224 g/mol. The van der Waals surface area contributed by atoms with Crippen LogP contribution in [0.1, 0.15) is 65.7 Å². The van der Waals surface area contributed by atoms with Crippen LogP contribution in [0.4, 0.5) is 0 Å². The van der Waals surface area contributed by atoms with Crippen LogP contribution in [0.15, 0.2) is 0 Å². The van der Waals surface area contributed by atoms with Gasteiger partial charge in [0.15, 0.2) is 0 Å². The van der Waals surface area contributed by atoms with E-state index in [4.69, 9.17) is 0 Å². The van der Waals surface area contributed by atoms with Crippen molar-refractivity contribution in [3.05, 3.63) is 0 Å². The van der Waals surface area contributed by atoms with E-state index in [0.29, 0.717) is 0 Å². The van der Waals surface area contributed by atoms with Crippen LogP contribution in [-0.4, -0.2) is 23.1 Å². The van der Waals surface area contributed by atoms with E-state index in [0.717, 1.165) is 24.0 Å². The number of hydrazine groups is 1. The zero-order chi connectivity index (χ0) is 11.5. The van der Waals surface area contributed by atoms with Gasteiger partial charge in [0.25, 0.3) is 0 Å². The van der Waals surface area contributed by atoms with E-state index in [1.165, 1.54) is 44.9 Å². The summed E-state index contributed by atoms with van der Waals surface area (Å²) in [5.74, 6) is 0.980. The molecule has 0 aromatic rings. The largest absolute Gasteiger partial charge is 0.252 e. The minimum absolute atomic E-state index is 0.726. The van der Waals surface area contributed by atoms with E-state index in [1.807, 2.05) is 0 Å². The van der Waals surface area contributed by atoms with Crippen LogP contribution < -0.4 is 5.43 Å². The Morgan fingerprint density at radius 2 is 1.75 bits per heavy atom. The quantitative estimate of drug-likeness (QED) is 0.791. The Balaban J connectivity index is 1.83. The third-order valence-corrected chi connectivity index (χ3v) is 4.64. The highest BCUT2D eigenvalue weighted by Crippen LogP contribution is 2.29. The number of nitrogens with one attached hydrogen (secondary N) is 1. The van der Waals surface area contributed by atoms with Gasteiger partial charge in [-0.1, -0.05) is 19.8 Å². The number of hydrogen-bond donors (Lipinski definition) is 1. The number of hydrogen-bond acceptors (Lipinski definition) is 2. The third-order valence-electron chi connectivity index (χ3n) is 4.64. The van der Waals surface area contributed by atoms with Crippen molar-refractivity contribution >= 4 is 0 Å². The van der Waals surface area contributed by atoms with Crippen molar-refractivity contribution in [2.75, 3.05) is 0 Å². The van der Waals surface area contributed by atoms with Gasteiger partial charge in [-0.25, -0.2) is 5.01 Å². The van der Waals surface area contributed by atoms with Crippen LogP contribution in [0.5, 0.6) is 0 Å². The Kier molecular flexibility index (Phi) is 4.26. The molecule has 1 N–H and O–H groups in total. The van der Waals surface area contributed by atoms with Gasteiger partial charge in [-0.3, -0.25) is 5.43 Å². The summed E-state index contributed by atoms with van der Waals surface area (Å²) in [5.41, 5.74) is 3.81.